The topological polar surface area (TPSA) is 95.9 Å². The zero-order valence-electron chi connectivity index (χ0n) is 37.8. The molecule has 0 saturated heterocycles. The summed E-state index contributed by atoms with van der Waals surface area (Å²) in [7, 11) is 0. The van der Waals surface area contributed by atoms with Gasteiger partial charge in [-0.15, -0.1) is 0 Å². The number of rotatable bonds is 45. The number of aliphatic hydroxyl groups is 2. The van der Waals surface area contributed by atoms with Crippen molar-refractivity contribution in [3.8, 4) is 0 Å². The molecule has 0 bridgehead atoms. The van der Waals surface area contributed by atoms with E-state index in [0.717, 1.165) is 57.8 Å². The van der Waals surface area contributed by atoms with Gasteiger partial charge in [0.1, 0.15) is 6.10 Å². The van der Waals surface area contributed by atoms with Gasteiger partial charge in [0.05, 0.1) is 25.2 Å². The number of hydrogen-bond donors (Lipinski definition) is 3. The lowest BCUT2D eigenvalue weighted by atomic mass is 10.0. The van der Waals surface area contributed by atoms with Gasteiger partial charge in [-0.1, -0.05) is 219 Å². The van der Waals surface area contributed by atoms with Crippen LogP contribution < -0.4 is 5.32 Å². The molecule has 0 aliphatic rings. The molecule has 0 aromatic heterocycles. The van der Waals surface area contributed by atoms with E-state index in [9.17, 15) is 19.8 Å². The van der Waals surface area contributed by atoms with Crippen LogP contribution in [0.2, 0.25) is 0 Å². The van der Waals surface area contributed by atoms with Gasteiger partial charge in [-0.05, 0) is 51.4 Å². The second kappa shape index (κ2) is 44.7. The standard InChI is InChI=1S/C50H97NO5/c1-4-7-10-13-16-19-22-23-24-25-28-29-32-35-38-41-46(56-50(55)43-40-37-34-31-27-21-18-15-12-9-6-3)44-49(54)51-47(45-52)48(53)42-39-36-33-30-26-20-17-14-11-8-5-2/h23-24,46-48,52-53H,4-22,25-45H2,1-3H3,(H,51,54)/b24-23+. The fourth-order valence-electron chi connectivity index (χ4n) is 7.78. The summed E-state index contributed by atoms with van der Waals surface area (Å²) in [6, 6.07) is -0.696. The summed E-state index contributed by atoms with van der Waals surface area (Å²) >= 11 is 0. The van der Waals surface area contributed by atoms with Crippen molar-refractivity contribution < 1.29 is 24.5 Å². The van der Waals surface area contributed by atoms with Crippen LogP contribution in [-0.4, -0.2) is 46.9 Å². The highest BCUT2D eigenvalue weighted by Crippen LogP contribution is 2.18. The molecule has 56 heavy (non-hydrogen) atoms. The van der Waals surface area contributed by atoms with Crippen molar-refractivity contribution >= 4 is 11.9 Å². The summed E-state index contributed by atoms with van der Waals surface area (Å²) in [5.41, 5.74) is 0. The number of carbonyl (C=O) groups is 2. The van der Waals surface area contributed by atoms with Crippen LogP contribution in [0.25, 0.3) is 0 Å². The molecule has 3 atom stereocenters. The van der Waals surface area contributed by atoms with Crippen LogP contribution in [0.1, 0.15) is 271 Å². The van der Waals surface area contributed by atoms with Gasteiger partial charge < -0.3 is 20.3 Å². The minimum atomic E-state index is -0.782. The smallest absolute Gasteiger partial charge is 0.306 e. The normalized spacial score (nSPS) is 13.3. The largest absolute Gasteiger partial charge is 0.462 e. The van der Waals surface area contributed by atoms with Crippen LogP contribution in [0.4, 0.5) is 0 Å². The zero-order valence-corrected chi connectivity index (χ0v) is 37.8. The van der Waals surface area contributed by atoms with Crippen molar-refractivity contribution in [1.29, 1.82) is 0 Å². The Hall–Kier alpha value is -1.40. The van der Waals surface area contributed by atoms with Crippen LogP contribution in [-0.2, 0) is 14.3 Å². The Morgan fingerprint density at radius 3 is 1.27 bits per heavy atom. The van der Waals surface area contributed by atoms with E-state index in [-0.39, 0.29) is 24.9 Å². The maximum Gasteiger partial charge on any atom is 0.306 e. The highest BCUT2D eigenvalue weighted by molar-refractivity contribution is 5.77. The number of ether oxygens (including phenoxy) is 1. The number of allylic oxidation sites excluding steroid dienone is 2. The fourth-order valence-corrected chi connectivity index (χ4v) is 7.78. The number of esters is 1. The average molecular weight is 792 g/mol. The van der Waals surface area contributed by atoms with E-state index < -0.39 is 18.2 Å². The second-order valence-corrected chi connectivity index (χ2v) is 17.2. The van der Waals surface area contributed by atoms with Gasteiger partial charge in [0.2, 0.25) is 5.91 Å². The van der Waals surface area contributed by atoms with E-state index in [2.05, 4.69) is 38.2 Å². The molecule has 0 heterocycles. The van der Waals surface area contributed by atoms with Crippen molar-refractivity contribution in [1.82, 2.24) is 5.32 Å². The minimum absolute atomic E-state index is 0.0784. The molecule has 0 aliphatic carbocycles. The van der Waals surface area contributed by atoms with E-state index in [1.165, 1.54) is 167 Å². The van der Waals surface area contributed by atoms with Crippen molar-refractivity contribution in [2.45, 2.75) is 289 Å². The van der Waals surface area contributed by atoms with Gasteiger partial charge in [-0.25, -0.2) is 0 Å². The molecule has 0 spiro atoms. The van der Waals surface area contributed by atoms with Gasteiger partial charge in [0.25, 0.3) is 0 Å². The van der Waals surface area contributed by atoms with Crippen LogP contribution in [0.3, 0.4) is 0 Å². The lowest BCUT2D eigenvalue weighted by Gasteiger charge is -2.24. The van der Waals surface area contributed by atoms with E-state index >= 15 is 0 Å². The molecule has 3 N–H and O–H groups in total. The van der Waals surface area contributed by atoms with Crippen LogP contribution in [0.15, 0.2) is 12.2 Å². The molecule has 332 valence electrons. The molecule has 3 unspecified atom stereocenters. The van der Waals surface area contributed by atoms with Gasteiger partial charge in [-0.2, -0.15) is 0 Å². The Labute approximate surface area is 349 Å². The third-order valence-electron chi connectivity index (χ3n) is 11.6. The van der Waals surface area contributed by atoms with Crippen LogP contribution in [0.5, 0.6) is 0 Å². The van der Waals surface area contributed by atoms with E-state index in [4.69, 9.17) is 4.74 Å². The Morgan fingerprint density at radius 1 is 0.500 bits per heavy atom. The van der Waals surface area contributed by atoms with Crippen LogP contribution >= 0.6 is 0 Å². The van der Waals surface area contributed by atoms with Gasteiger partial charge in [0.15, 0.2) is 0 Å². The number of carbonyl (C=O) groups excluding carboxylic acids is 2. The maximum atomic E-state index is 13.2. The third kappa shape index (κ3) is 39.4. The van der Waals surface area contributed by atoms with Crippen molar-refractivity contribution in [3.63, 3.8) is 0 Å². The third-order valence-corrected chi connectivity index (χ3v) is 11.6. The Balaban J connectivity index is 4.57. The Bertz CT molecular complexity index is 847. The maximum absolute atomic E-state index is 13.2. The highest BCUT2D eigenvalue weighted by atomic mass is 16.5. The summed E-state index contributed by atoms with van der Waals surface area (Å²) in [6.07, 6.45) is 48.4. The van der Waals surface area contributed by atoms with E-state index in [1.54, 1.807) is 0 Å². The molecule has 0 aromatic carbocycles. The predicted molar refractivity (Wildman–Crippen MR) is 241 cm³/mol. The molecule has 0 fully saturated rings. The summed E-state index contributed by atoms with van der Waals surface area (Å²) in [6.45, 7) is 6.47. The number of amides is 1. The van der Waals surface area contributed by atoms with E-state index in [1.807, 2.05) is 0 Å². The first-order chi connectivity index (χ1) is 27.5. The fraction of sp³-hybridized carbons (Fsp3) is 0.920. The molecule has 6 heteroatoms. The van der Waals surface area contributed by atoms with Crippen LogP contribution in [0, 0.1) is 0 Å². The lowest BCUT2D eigenvalue weighted by molar-refractivity contribution is -0.151. The van der Waals surface area contributed by atoms with Gasteiger partial charge in [0, 0.05) is 6.42 Å². The lowest BCUT2D eigenvalue weighted by Crippen LogP contribution is -2.46. The van der Waals surface area contributed by atoms with Crippen molar-refractivity contribution in [3.05, 3.63) is 12.2 Å². The zero-order chi connectivity index (χ0) is 41.0. The Kier molecular flexibility index (Phi) is 43.6. The molecule has 0 radical (unpaired) electrons. The molecular formula is C50H97NO5. The molecule has 0 aromatic rings. The quantitative estimate of drug-likeness (QED) is 0.0324. The second-order valence-electron chi connectivity index (χ2n) is 17.2. The molecule has 6 nitrogen and oxygen atoms in total. The van der Waals surface area contributed by atoms with E-state index in [0.29, 0.717) is 19.3 Å². The summed E-state index contributed by atoms with van der Waals surface area (Å²) in [5.74, 6) is -0.469. The number of nitrogens with one attached hydrogen (secondary N) is 1. The highest BCUT2D eigenvalue weighted by Gasteiger charge is 2.24. The monoisotopic (exact) mass is 792 g/mol. The summed E-state index contributed by atoms with van der Waals surface area (Å²) in [4.78, 5) is 26.0. The summed E-state index contributed by atoms with van der Waals surface area (Å²) in [5, 5.41) is 23.7. The summed E-state index contributed by atoms with van der Waals surface area (Å²) < 4.78 is 5.92. The number of unbranched alkanes of at least 4 members (excludes halogenated alkanes) is 31. The first kappa shape index (κ1) is 54.6. The Morgan fingerprint density at radius 2 is 0.857 bits per heavy atom. The molecule has 0 saturated carbocycles. The molecule has 0 aliphatic heterocycles. The number of hydrogen-bond acceptors (Lipinski definition) is 5. The molecule has 0 rings (SSSR count). The minimum Gasteiger partial charge on any atom is -0.462 e. The first-order valence-corrected chi connectivity index (χ1v) is 24.9. The van der Waals surface area contributed by atoms with Gasteiger partial charge >= 0.3 is 5.97 Å². The van der Waals surface area contributed by atoms with Crippen molar-refractivity contribution in [2.24, 2.45) is 0 Å². The van der Waals surface area contributed by atoms with Crippen molar-refractivity contribution in [2.75, 3.05) is 6.61 Å². The number of aliphatic hydroxyl groups excluding tert-OH is 2. The van der Waals surface area contributed by atoms with Gasteiger partial charge in [-0.3, -0.25) is 9.59 Å². The first-order valence-electron chi connectivity index (χ1n) is 24.9. The molecular weight excluding hydrogens is 695 g/mol. The SMILES string of the molecule is CCCCCCCC/C=C/CCCCCCCC(CC(=O)NC(CO)C(O)CCCCCCCCCCCCC)OC(=O)CCCCCCCCCCCCC. The molecule has 1 amide bonds. The average Bonchev–Trinajstić information content (AvgIpc) is 3.19. The predicted octanol–water partition coefficient (Wildman–Crippen LogP) is 14.6.